The number of piperidine rings is 1. The van der Waals surface area contributed by atoms with Crippen LogP contribution in [0.15, 0.2) is 41.8 Å². The SMILES string of the molecule is COc1ccsc1C1CCN(CC[C@H](C(=O)N2CCCCCC2)c2ccccc2)CC1. The Hall–Kier alpha value is -1.85. The summed E-state index contributed by atoms with van der Waals surface area (Å²) in [6.45, 7) is 5.05. The number of ether oxygens (including phenoxy) is 1. The van der Waals surface area contributed by atoms with E-state index in [4.69, 9.17) is 4.74 Å². The number of rotatable bonds is 7. The summed E-state index contributed by atoms with van der Waals surface area (Å²) in [7, 11) is 1.77. The van der Waals surface area contributed by atoms with Crippen molar-refractivity contribution >= 4 is 17.2 Å². The van der Waals surface area contributed by atoms with Crippen LogP contribution in [0.3, 0.4) is 0 Å². The lowest BCUT2D eigenvalue weighted by molar-refractivity contribution is -0.133. The van der Waals surface area contributed by atoms with Crippen molar-refractivity contribution in [2.24, 2.45) is 0 Å². The number of benzene rings is 1. The van der Waals surface area contributed by atoms with E-state index < -0.39 is 0 Å². The van der Waals surface area contributed by atoms with Gasteiger partial charge in [-0.2, -0.15) is 0 Å². The van der Waals surface area contributed by atoms with E-state index in [0.29, 0.717) is 11.8 Å². The molecule has 2 saturated heterocycles. The van der Waals surface area contributed by atoms with E-state index in [2.05, 4.69) is 45.5 Å². The van der Waals surface area contributed by atoms with Gasteiger partial charge >= 0.3 is 0 Å². The third-order valence-corrected chi connectivity index (χ3v) is 8.05. The molecule has 5 heteroatoms. The molecule has 0 radical (unpaired) electrons. The summed E-state index contributed by atoms with van der Waals surface area (Å²) < 4.78 is 5.54. The average molecular weight is 441 g/mol. The number of hydrogen-bond donors (Lipinski definition) is 0. The summed E-state index contributed by atoms with van der Waals surface area (Å²) in [5, 5.41) is 2.14. The van der Waals surface area contributed by atoms with Crippen molar-refractivity contribution in [3.63, 3.8) is 0 Å². The van der Waals surface area contributed by atoms with E-state index in [0.717, 1.165) is 57.7 Å². The summed E-state index contributed by atoms with van der Waals surface area (Å²) in [5.41, 5.74) is 1.18. The standard InChI is InChI=1S/C26H36N2O2S/c1-30-24-14-20-31-25(24)22-11-17-27(18-12-22)19-13-23(21-9-5-4-6-10-21)26(29)28-15-7-2-3-8-16-28/h4-6,9-10,14,20,22-23H,2-3,7-8,11-13,15-19H2,1H3/t23-/m0/s1. The van der Waals surface area contributed by atoms with Gasteiger partial charge in [0, 0.05) is 18.0 Å². The molecule has 0 unspecified atom stereocenters. The van der Waals surface area contributed by atoms with Crippen LogP contribution in [0.5, 0.6) is 5.75 Å². The number of methoxy groups -OCH3 is 1. The Kier molecular flexibility index (Phi) is 8.03. The zero-order valence-corrected chi connectivity index (χ0v) is 19.6. The quantitative estimate of drug-likeness (QED) is 0.569. The minimum absolute atomic E-state index is 0.0191. The van der Waals surface area contributed by atoms with Gasteiger partial charge in [-0.05, 0) is 74.7 Å². The van der Waals surface area contributed by atoms with Gasteiger partial charge in [-0.1, -0.05) is 43.2 Å². The van der Waals surface area contributed by atoms with Crippen molar-refractivity contribution < 1.29 is 9.53 Å². The number of thiophene rings is 1. The molecule has 0 aliphatic carbocycles. The zero-order valence-electron chi connectivity index (χ0n) is 18.8. The molecule has 0 spiro atoms. The number of carbonyl (C=O) groups is 1. The van der Waals surface area contributed by atoms with Gasteiger partial charge in [-0.3, -0.25) is 4.79 Å². The molecule has 2 aliphatic rings. The van der Waals surface area contributed by atoms with Crippen molar-refractivity contribution in [2.75, 3.05) is 39.8 Å². The molecule has 1 amide bonds. The van der Waals surface area contributed by atoms with Gasteiger partial charge in [0.05, 0.1) is 13.0 Å². The number of likely N-dealkylation sites (tertiary alicyclic amines) is 2. The number of carbonyl (C=O) groups excluding carboxylic acids is 1. The maximum Gasteiger partial charge on any atom is 0.230 e. The normalized spacial score (nSPS) is 19.7. The molecule has 0 bridgehead atoms. The topological polar surface area (TPSA) is 32.8 Å². The fourth-order valence-electron chi connectivity index (χ4n) is 5.14. The lowest BCUT2D eigenvalue weighted by Gasteiger charge is -2.33. The minimum Gasteiger partial charge on any atom is -0.496 e. The lowest BCUT2D eigenvalue weighted by atomic mass is 9.91. The first-order valence-electron chi connectivity index (χ1n) is 11.9. The minimum atomic E-state index is -0.0191. The maximum atomic E-state index is 13.5. The van der Waals surface area contributed by atoms with Crippen LogP contribution in [0, 0.1) is 0 Å². The monoisotopic (exact) mass is 440 g/mol. The van der Waals surface area contributed by atoms with Crippen LogP contribution in [0.4, 0.5) is 0 Å². The predicted octanol–water partition coefficient (Wildman–Crippen LogP) is 5.51. The highest BCUT2D eigenvalue weighted by atomic mass is 32.1. The Balaban J connectivity index is 1.36. The molecule has 4 rings (SSSR count). The van der Waals surface area contributed by atoms with Crippen molar-refractivity contribution in [1.29, 1.82) is 0 Å². The second-order valence-electron chi connectivity index (χ2n) is 8.96. The first-order valence-corrected chi connectivity index (χ1v) is 12.8. The van der Waals surface area contributed by atoms with Crippen molar-refractivity contribution in [3.8, 4) is 5.75 Å². The van der Waals surface area contributed by atoms with Gasteiger partial charge < -0.3 is 14.5 Å². The van der Waals surface area contributed by atoms with Gasteiger partial charge in [0.2, 0.25) is 5.91 Å². The summed E-state index contributed by atoms with van der Waals surface area (Å²) in [4.78, 5) is 19.6. The van der Waals surface area contributed by atoms with Crippen LogP contribution < -0.4 is 4.74 Å². The molecule has 2 fully saturated rings. The lowest BCUT2D eigenvalue weighted by Crippen LogP contribution is -2.39. The van der Waals surface area contributed by atoms with E-state index in [-0.39, 0.29) is 5.92 Å². The zero-order chi connectivity index (χ0) is 21.5. The average Bonchev–Trinajstić information content (AvgIpc) is 3.13. The van der Waals surface area contributed by atoms with Crippen LogP contribution in [0.25, 0.3) is 0 Å². The maximum absolute atomic E-state index is 13.5. The first-order chi connectivity index (χ1) is 15.3. The second-order valence-corrected chi connectivity index (χ2v) is 9.91. The first kappa shape index (κ1) is 22.3. The number of hydrogen-bond acceptors (Lipinski definition) is 4. The Morgan fingerprint density at radius 2 is 1.74 bits per heavy atom. The number of amides is 1. The molecule has 4 nitrogen and oxygen atoms in total. The molecule has 1 atom stereocenters. The largest absolute Gasteiger partial charge is 0.496 e. The van der Waals surface area contributed by atoms with Crippen LogP contribution in [0.1, 0.15) is 67.2 Å². The molecule has 31 heavy (non-hydrogen) atoms. The molecule has 0 N–H and O–H groups in total. The summed E-state index contributed by atoms with van der Waals surface area (Å²) in [5.74, 6) is 1.98. The van der Waals surface area contributed by atoms with Gasteiger partial charge in [0.15, 0.2) is 0 Å². The molecule has 1 aromatic heterocycles. The van der Waals surface area contributed by atoms with E-state index >= 15 is 0 Å². The molecule has 2 aliphatic heterocycles. The fraction of sp³-hybridized carbons (Fsp3) is 0.577. The molecule has 2 aromatic rings. The van der Waals surface area contributed by atoms with Crippen molar-refractivity contribution in [2.45, 2.75) is 56.8 Å². The fourth-order valence-corrected chi connectivity index (χ4v) is 6.17. The van der Waals surface area contributed by atoms with Gasteiger partial charge in [0.1, 0.15) is 5.75 Å². The molecule has 3 heterocycles. The molecular weight excluding hydrogens is 404 g/mol. The van der Waals surface area contributed by atoms with E-state index in [1.165, 1.54) is 36.1 Å². The van der Waals surface area contributed by atoms with Gasteiger partial charge in [-0.15, -0.1) is 11.3 Å². The van der Waals surface area contributed by atoms with Gasteiger partial charge in [0.25, 0.3) is 0 Å². The van der Waals surface area contributed by atoms with Crippen LogP contribution in [-0.2, 0) is 4.79 Å². The van der Waals surface area contributed by atoms with E-state index in [1.54, 1.807) is 7.11 Å². The van der Waals surface area contributed by atoms with Crippen molar-refractivity contribution in [1.82, 2.24) is 9.80 Å². The third kappa shape index (κ3) is 5.69. The van der Waals surface area contributed by atoms with Crippen LogP contribution >= 0.6 is 11.3 Å². The Labute approximate surface area is 191 Å². The Bertz CT molecular complexity index is 806. The van der Waals surface area contributed by atoms with Gasteiger partial charge in [-0.25, -0.2) is 0 Å². The number of nitrogens with zero attached hydrogens (tertiary/aromatic N) is 2. The summed E-state index contributed by atoms with van der Waals surface area (Å²) in [6, 6.07) is 12.5. The van der Waals surface area contributed by atoms with Crippen LogP contribution in [-0.4, -0.2) is 55.5 Å². The molecule has 0 saturated carbocycles. The molecular formula is C26H36N2O2S. The highest BCUT2D eigenvalue weighted by molar-refractivity contribution is 7.10. The predicted molar refractivity (Wildman–Crippen MR) is 128 cm³/mol. The van der Waals surface area contributed by atoms with Crippen molar-refractivity contribution in [3.05, 3.63) is 52.2 Å². The van der Waals surface area contributed by atoms with E-state index in [9.17, 15) is 4.79 Å². The Morgan fingerprint density at radius 3 is 2.42 bits per heavy atom. The second kappa shape index (κ2) is 11.1. The van der Waals surface area contributed by atoms with E-state index in [1.807, 2.05) is 17.4 Å². The summed E-state index contributed by atoms with van der Waals surface area (Å²) >= 11 is 1.83. The van der Waals surface area contributed by atoms with Crippen LogP contribution in [0.2, 0.25) is 0 Å². The highest BCUT2D eigenvalue weighted by Gasteiger charge is 2.29. The third-order valence-electron chi connectivity index (χ3n) is 6.99. The highest BCUT2D eigenvalue weighted by Crippen LogP contribution is 2.38. The molecule has 168 valence electrons. The Morgan fingerprint density at radius 1 is 1.03 bits per heavy atom. The smallest absolute Gasteiger partial charge is 0.230 e. The summed E-state index contributed by atoms with van der Waals surface area (Å²) in [6.07, 6.45) is 8.06. The molecule has 1 aromatic carbocycles.